The van der Waals surface area contributed by atoms with Crippen LogP contribution in [0.2, 0.25) is 0 Å². The number of hydrogen-bond acceptors (Lipinski definition) is 9. The lowest BCUT2D eigenvalue weighted by Gasteiger charge is -2.22. The molecule has 10 heteroatoms. The molecule has 2 aromatic carbocycles. The monoisotopic (exact) mass is 576 g/mol. The fraction of sp³-hybridized carbons (Fsp3) is 0.600. The fourth-order valence-electron chi connectivity index (χ4n) is 5.20. The van der Waals surface area contributed by atoms with Gasteiger partial charge in [-0.2, -0.15) is 0 Å². The molecule has 5 rings (SSSR count). The summed E-state index contributed by atoms with van der Waals surface area (Å²) < 4.78 is 48.4. The molecule has 2 fully saturated rings. The first-order valence-electron chi connectivity index (χ1n) is 13.5. The Morgan fingerprint density at radius 1 is 0.825 bits per heavy atom. The smallest absolute Gasteiger partial charge is 0.387 e. The fourth-order valence-corrected chi connectivity index (χ4v) is 6.31. The quantitative estimate of drug-likeness (QED) is 0.361. The van der Waals surface area contributed by atoms with E-state index in [1.807, 2.05) is 24.3 Å². The summed E-state index contributed by atoms with van der Waals surface area (Å²) in [5.41, 5.74) is 2.66. The number of ether oxygens (including phenoxy) is 5. The van der Waals surface area contributed by atoms with Gasteiger partial charge in [-0.15, -0.1) is 0 Å². The van der Waals surface area contributed by atoms with Crippen LogP contribution in [-0.4, -0.2) is 56.3 Å². The van der Waals surface area contributed by atoms with Crippen molar-refractivity contribution in [2.45, 2.75) is 96.6 Å². The van der Waals surface area contributed by atoms with Gasteiger partial charge < -0.3 is 37.2 Å². The van der Waals surface area contributed by atoms with Crippen molar-refractivity contribution in [3.05, 3.63) is 35.4 Å². The van der Waals surface area contributed by atoms with Crippen LogP contribution in [0.1, 0.15) is 66.5 Å². The van der Waals surface area contributed by atoms with Gasteiger partial charge in [-0.3, -0.25) is 4.52 Å². The maximum Gasteiger partial charge on any atom is 0.387 e. The molecule has 2 aliphatic heterocycles. The Balaban J connectivity index is 1.69. The van der Waals surface area contributed by atoms with Crippen molar-refractivity contribution >= 4 is 30.2 Å². The Bertz CT molecular complexity index is 1360. The van der Waals surface area contributed by atoms with E-state index in [1.165, 1.54) is 0 Å². The average Bonchev–Trinajstić information content (AvgIpc) is 3.25. The maximum atomic E-state index is 10.9. The van der Waals surface area contributed by atoms with Gasteiger partial charge in [0.05, 0.1) is 20.8 Å². The van der Waals surface area contributed by atoms with Gasteiger partial charge in [-0.05, 0) is 48.9 Å². The Morgan fingerprint density at radius 2 is 1.32 bits per heavy atom. The molecule has 9 nitrogen and oxygen atoms in total. The number of aliphatic hydroxyl groups excluding tert-OH is 1. The van der Waals surface area contributed by atoms with Crippen LogP contribution in [0.3, 0.4) is 0 Å². The highest BCUT2D eigenvalue weighted by atomic mass is 31.1. The number of hydrogen-bond donors (Lipinski definition) is 1. The second-order valence-electron chi connectivity index (χ2n) is 12.9. The van der Waals surface area contributed by atoms with Gasteiger partial charge in [0, 0.05) is 21.9 Å². The van der Waals surface area contributed by atoms with E-state index in [9.17, 15) is 5.11 Å². The van der Waals surface area contributed by atoms with Crippen molar-refractivity contribution in [2.75, 3.05) is 20.8 Å². The van der Waals surface area contributed by atoms with E-state index in [2.05, 4.69) is 41.5 Å². The number of fused-ring (bicyclic) bond motifs is 4. The van der Waals surface area contributed by atoms with Crippen molar-refractivity contribution in [3.8, 4) is 11.5 Å². The average molecular weight is 577 g/mol. The lowest BCUT2D eigenvalue weighted by molar-refractivity contribution is -0.216. The molecule has 4 atom stereocenters. The molecule has 2 aliphatic rings. The Kier molecular flexibility index (Phi) is 7.48. The van der Waals surface area contributed by atoms with E-state index in [1.54, 1.807) is 28.1 Å². The van der Waals surface area contributed by atoms with Crippen LogP contribution in [0.5, 0.6) is 11.5 Å². The lowest BCUT2D eigenvalue weighted by atomic mass is 9.84. The number of benzene rings is 2. The van der Waals surface area contributed by atoms with Gasteiger partial charge in [0.25, 0.3) is 0 Å². The topological polar surface area (TPSA) is 102 Å². The van der Waals surface area contributed by atoms with Crippen LogP contribution < -0.4 is 14.0 Å². The zero-order chi connectivity index (χ0) is 29.2. The maximum absolute atomic E-state index is 10.9. The van der Waals surface area contributed by atoms with Crippen molar-refractivity contribution < 1.29 is 41.7 Å². The second kappa shape index (κ2) is 10.2. The van der Waals surface area contributed by atoms with E-state index >= 15 is 0 Å². The van der Waals surface area contributed by atoms with E-state index in [-0.39, 0.29) is 17.4 Å². The molecule has 1 N–H and O–H groups in total. The highest BCUT2D eigenvalue weighted by Crippen LogP contribution is 2.45. The predicted molar refractivity (Wildman–Crippen MR) is 153 cm³/mol. The second-order valence-corrected chi connectivity index (χ2v) is 14.0. The summed E-state index contributed by atoms with van der Waals surface area (Å²) in [6, 6.07) is 7.89. The summed E-state index contributed by atoms with van der Waals surface area (Å²) in [5, 5.41) is 12.6. The molecule has 0 radical (unpaired) electrons. The molecule has 0 aliphatic carbocycles. The molecule has 3 heterocycles. The number of methoxy groups -OCH3 is 2. The molecule has 0 spiro atoms. The standard InChI is InChI=1S/C30H41O9P/c1-28(2,3)20-13-16(32-9)11-18-19-12-17(33-10)14-21(29(4,5)6)25(19)39-40(38-24(18)20)34-15-22-23(31)26-27(35-22)37-30(7,8)36-26/h11-14,22-23,26-27,31H,15H2,1-10H3/t22-,23+,26-,27-/m1/s1. The molecule has 0 saturated carbocycles. The number of aliphatic hydroxyl groups is 1. The normalized spacial score (nSPS) is 24.5. The molecular weight excluding hydrogens is 535 g/mol. The largest absolute Gasteiger partial charge is 0.497 e. The molecule has 40 heavy (non-hydrogen) atoms. The highest BCUT2D eigenvalue weighted by molar-refractivity contribution is 7.31. The molecule has 0 unspecified atom stereocenters. The van der Waals surface area contributed by atoms with Gasteiger partial charge in [0.2, 0.25) is 0 Å². The SMILES string of the molecule is COc1cc(C(C)(C)C)c2op(OC[C@H]3O[C@@H]4OC(C)(C)O[C@@H]4[C@H]3O)oc3c(C(C)(C)C)cc(OC)cc3c2c1. The van der Waals surface area contributed by atoms with E-state index in [0.717, 1.165) is 21.9 Å². The Hall–Kier alpha value is -2.26. The first kappa shape index (κ1) is 29.2. The third-order valence-electron chi connectivity index (χ3n) is 7.29. The van der Waals surface area contributed by atoms with Crippen LogP contribution in [0.4, 0.5) is 0 Å². The minimum absolute atomic E-state index is 0.0275. The molecule has 0 bridgehead atoms. The zero-order valence-corrected chi connectivity index (χ0v) is 25.9. The first-order chi connectivity index (χ1) is 18.6. The van der Waals surface area contributed by atoms with Crippen molar-refractivity contribution in [3.63, 3.8) is 0 Å². The molecular formula is C30H41O9P. The molecule has 1 aromatic heterocycles. The third kappa shape index (κ3) is 5.48. The van der Waals surface area contributed by atoms with Crippen LogP contribution in [0.25, 0.3) is 21.9 Å². The lowest BCUT2D eigenvalue weighted by Crippen LogP contribution is -2.37. The minimum atomic E-state index is -1.95. The molecule has 3 aromatic rings. The van der Waals surface area contributed by atoms with Crippen molar-refractivity contribution in [1.82, 2.24) is 0 Å². The van der Waals surface area contributed by atoms with Gasteiger partial charge in [0.1, 0.15) is 41.0 Å². The summed E-state index contributed by atoms with van der Waals surface area (Å²) in [4.78, 5) is 0. The van der Waals surface area contributed by atoms with E-state index < -0.39 is 38.6 Å². The predicted octanol–water partition coefficient (Wildman–Crippen LogP) is 6.57. The summed E-state index contributed by atoms with van der Waals surface area (Å²) in [5.74, 6) is 0.604. The molecule has 2 saturated heterocycles. The van der Waals surface area contributed by atoms with Gasteiger partial charge in [0.15, 0.2) is 12.1 Å². The van der Waals surface area contributed by atoms with Gasteiger partial charge in [-0.25, -0.2) is 0 Å². The van der Waals surface area contributed by atoms with E-state index in [0.29, 0.717) is 22.7 Å². The third-order valence-corrected chi connectivity index (χ3v) is 8.32. The van der Waals surface area contributed by atoms with Crippen LogP contribution in [0.15, 0.2) is 32.7 Å². The van der Waals surface area contributed by atoms with Gasteiger partial charge >= 0.3 is 8.24 Å². The Labute approximate surface area is 236 Å². The first-order valence-corrected chi connectivity index (χ1v) is 14.6. The van der Waals surface area contributed by atoms with Gasteiger partial charge in [-0.1, -0.05) is 41.5 Å². The summed E-state index contributed by atoms with van der Waals surface area (Å²) in [7, 11) is 1.36. The van der Waals surface area contributed by atoms with Crippen LogP contribution in [0, 0.1) is 0 Å². The van der Waals surface area contributed by atoms with E-state index in [4.69, 9.17) is 36.6 Å². The van der Waals surface area contributed by atoms with Crippen molar-refractivity contribution in [2.24, 2.45) is 0 Å². The summed E-state index contributed by atoms with van der Waals surface area (Å²) in [6.07, 6.45) is -2.84. The van der Waals surface area contributed by atoms with Crippen LogP contribution >= 0.6 is 8.24 Å². The zero-order valence-electron chi connectivity index (χ0n) is 25.0. The van der Waals surface area contributed by atoms with Crippen molar-refractivity contribution in [1.29, 1.82) is 0 Å². The number of rotatable bonds is 5. The minimum Gasteiger partial charge on any atom is -0.497 e. The highest BCUT2D eigenvalue weighted by Gasteiger charge is 2.54. The Morgan fingerprint density at radius 3 is 1.75 bits per heavy atom. The molecule has 220 valence electrons. The molecule has 0 amide bonds. The van der Waals surface area contributed by atoms with Crippen LogP contribution in [-0.2, 0) is 25.0 Å². The summed E-state index contributed by atoms with van der Waals surface area (Å²) >= 11 is 0. The summed E-state index contributed by atoms with van der Waals surface area (Å²) in [6.45, 7) is 16.3.